The minimum Gasteiger partial charge on any atom is -0.497 e. The number of hydrogen-bond acceptors (Lipinski definition) is 9. The van der Waals surface area contributed by atoms with Crippen LogP contribution in [0.3, 0.4) is 0 Å². The molecule has 0 spiro atoms. The number of benzene rings is 3. The van der Waals surface area contributed by atoms with E-state index in [0.717, 1.165) is 37.2 Å². The zero-order valence-corrected chi connectivity index (χ0v) is 26.7. The first-order valence-electron chi connectivity index (χ1n) is 15.4. The van der Waals surface area contributed by atoms with Crippen molar-refractivity contribution in [3.63, 3.8) is 0 Å². The molecule has 3 aromatic carbocycles. The van der Waals surface area contributed by atoms with Crippen LogP contribution in [0.4, 0.5) is 32.2 Å². The first kappa shape index (κ1) is 32.5. The van der Waals surface area contributed by atoms with Crippen molar-refractivity contribution >= 4 is 29.1 Å². The number of likely N-dealkylation sites (tertiary alicyclic amines) is 1. The minimum atomic E-state index is -0.721. The zero-order valence-electron chi connectivity index (χ0n) is 26.7. The van der Waals surface area contributed by atoms with Gasteiger partial charge in [0.05, 0.1) is 32.2 Å². The summed E-state index contributed by atoms with van der Waals surface area (Å²) in [6.07, 6.45) is 5.34. The molecular weight excluding hydrogens is 589 g/mol. The van der Waals surface area contributed by atoms with Crippen LogP contribution in [-0.2, 0) is 0 Å². The number of hydrogen-bond donors (Lipinski definition) is 1. The van der Waals surface area contributed by atoms with Crippen molar-refractivity contribution in [2.75, 3.05) is 50.7 Å². The first-order chi connectivity index (χ1) is 22.4. The maximum atomic E-state index is 14.9. The largest absolute Gasteiger partial charge is 0.497 e. The van der Waals surface area contributed by atoms with Crippen molar-refractivity contribution < 1.29 is 28.1 Å². The molecule has 46 heavy (non-hydrogen) atoms. The Morgan fingerprint density at radius 1 is 0.957 bits per heavy atom. The Morgan fingerprint density at radius 2 is 1.72 bits per heavy atom. The van der Waals surface area contributed by atoms with Crippen LogP contribution in [-0.4, -0.2) is 61.4 Å². The summed E-state index contributed by atoms with van der Waals surface area (Å²) in [6, 6.07) is 17.0. The van der Waals surface area contributed by atoms with Crippen molar-refractivity contribution in [2.24, 2.45) is 0 Å². The molecular formula is C35H40FN5O5. The average Bonchev–Trinajstić information content (AvgIpc) is 3.06. The van der Waals surface area contributed by atoms with Crippen molar-refractivity contribution in [3.8, 4) is 23.1 Å². The fourth-order valence-corrected chi connectivity index (χ4v) is 5.51. The molecule has 10 nitrogen and oxygen atoms in total. The minimum absolute atomic E-state index is 0.00488. The standard InChI is InChI=1S/C35H40FN5O5/c1-24-10-8-11-25(2)33(24)41(29-23-27(43-3)13-15-31(29)44-4)35(42)46-32-16-17-37-34(39-32)38-26-12-14-30(28(36)22-26)45-21-9-20-40-18-6-5-7-19-40/h8,10-17,22-23H,5-7,9,18-21H2,1-4H3,(H,37,38,39). The van der Waals surface area contributed by atoms with Crippen LogP contribution < -0.4 is 29.2 Å². The van der Waals surface area contributed by atoms with E-state index >= 15 is 0 Å². The Labute approximate surface area is 269 Å². The van der Waals surface area contributed by atoms with Crippen molar-refractivity contribution in [1.29, 1.82) is 0 Å². The molecule has 0 aliphatic carbocycles. The van der Waals surface area contributed by atoms with Crippen molar-refractivity contribution in [3.05, 3.63) is 83.8 Å². The third-order valence-corrected chi connectivity index (χ3v) is 7.81. The SMILES string of the molecule is COc1ccc(OC)c(N(C(=O)Oc2ccnc(Nc3ccc(OCCCN4CCCCC4)c(F)c3)n2)c2c(C)cccc2C)c1. The van der Waals surface area contributed by atoms with E-state index in [1.807, 2.05) is 32.0 Å². The number of halogens is 1. The van der Waals surface area contributed by atoms with Crippen LogP contribution in [0.2, 0.25) is 0 Å². The quantitative estimate of drug-likeness (QED) is 0.159. The highest BCUT2D eigenvalue weighted by atomic mass is 19.1. The predicted octanol–water partition coefficient (Wildman–Crippen LogP) is 7.59. The Hall–Kier alpha value is -4.90. The van der Waals surface area contributed by atoms with Gasteiger partial charge in [-0.3, -0.25) is 0 Å². The van der Waals surface area contributed by atoms with Gasteiger partial charge in [-0.1, -0.05) is 24.6 Å². The van der Waals surface area contributed by atoms with Crippen LogP contribution in [0.5, 0.6) is 23.1 Å². The van der Waals surface area contributed by atoms with E-state index in [1.165, 1.54) is 49.6 Å². The molecule has 2 heterocycles. The molecule has 1 aromatic heterocycles. The molecule has 1 fully saturated rings. The molecule has 0 saturated carbocycles. The van der Waals surface area contributed by atoms with E-state index in [9.17, 15) is 9.18 Å². The zero-order chi connectivity index (χ0) is 32.5. The molecule has 1 aliphatic rings. The summed E-state index contributed by atoms with van der Waals surface area (Å²) in [5.74, 6) is 0.790. The smallest absolute Gasteiger partial charge is 0.425 e. The molecule has 0 radical (unpaired) electrons. The van der Waals surface area contributed by atoms with Crippen molar-refractivity contribution in [2.45, 2.75) is 39.5 Å². The van der Waals surface area contributed by atoms with Gasteiger partial charge in [0.1, 0.15) is 11.5 Å². The number of rotatable bonds is 12. The Bertz CT molecular complexity index is 1630. The van der Waals surface area contributed by atoms with Gasteiger partial charge in [-0.15, -0.1) is 0 Å². The topological polar surface area (TPSA) is 98.3 Å². The highest BCUT2D eigenvalue weighted by Gasteiger charge is 2.27. The lowest BCUT2D eigenvalue weighted by Crippen LogP contribution is -2.31. The third-order valence-electron chi connectivity index (χ3n) is 7.81. The Morgan fingerprint density at radius 3 is 2.43 bits per heavy atom. The number of nitrogens with zero attached hydrogens (tertiary/aromatic N) is 4. The van der Waals surface area contributed by atoms with Crippen molar-refractivity contribution in [1.82, 2.24) is 14.9 Å². The molecule has 1 N–H and O–H groups in total. The van der Waals surface area contributed by atoms with E-state index in [0.29, 0.717) is 35.2 Å². The molecule has 1 amide bonds. The number of amides is 1. The highest BCUT2D eigenvalue weighted by molar-refractivity contribution is 6.00. The fraction of sp³-hybridized carbons (Fsp3) is 0.343. The summed E-state index contributed by atoms with van der Waals surface area (Å²) >= 11 is 0. The predicted molar refractivity (Wildman–Crippen MR) is 176 cm³/mol. The Kier molecular flexibility index (Phi) is 10.9. The molecule has 1 aliphatic heterocycles. The molecule has 5 rings (SSSR count). The second-order valence-electron chi connectivity index (χ2n) is 11.1. The molecule has 242 valence electrons. The maximum Gasteiger partial charge on any atom is 0.425 e. The van der Waals surface area contributed by atoms with Crippen LogP contribution in [0.1, 0.15) is 36.8 Å². The summed E-state index contributed by atoms with van der Waals surface area (Å²) in [6.45, 7) is 7.46. The molecule has 0 atom stereocenters. The number of para-hydroxylation sites is 1. The molecule has 0 unspecified atom stereocenters. The summed E-state index contributed by atoms with van der Waals surface area (Å²) in [5, 5.41) is 2.97. The number of methoxy groups -OCH3 is 2. The van der Waals surface area contributed by atoms with Gasteiger partial charge in [0, 0.05) is 36.6 Å². The van der Waals surface area contributed by atoms with Crippen LogP contribution >= 0.6 is 0 Å². The molecule has 1 saturated heterocycles. The van der Waals surface area contributed by atoms with E-state index in [-0.39, 0.29) is 17.6 Å². The summed E-state index contributed by atoms with van der Waals surface area (Å²) in [5.41, 5.74) is 3.18. The molecule has 11 heteroatoms. The van der Waals surface area contributed by atoms with Crippen LogP contribution in [0.25, 0.3) is 0 Å². The third kappa shape index (κ3) is 8.02. The average molecular weight is 630 g/mol. The normalized spacial score (nSPS) is 13.2. The van der Waals surface area contributed by atoms with Gasteiger partial charge >= 0.3 is 6.09 Å². The lowest BCUT2D eigenvalue weighted by molar-refractivity contribution is 0.203. The van der Waals surface area contributed by atoms with Gasteiger partial charge in [0.2, 0.25) is 11.8 Å². The molecule has 0 bridgehead atoms. The number of nitrogens with one attached hydrogen (secondary N) is 1. The van der Waals surface area contributed by atoms with Gasteiger partial charge in [-0.2, -0.15) is 4.98 Å². The number of carbonyl (C=O) groups is 1. The summed E-state index contributed by atoms with van der Waals surface area (Å²) in [7, 11) is 3.08. The molecule has 4 aromatic rings. The van der Waals surface area contributed by atoms with E-state index in [2.05, 4.69) is 20.2 Å². The summed E-state index contributed by atoms with van der Waals surface area (Å²) < 4.78 is 37.4. The van der Waals surface area contributed by atoms with Crippen LogP contribution in [0.15, 0.2) is 66.9 Å². The van der Waals surface area contributed by atoms with E-state index in [1.54, 1.807) is 37.4 Å². The van der Waals surface area contributed by atoms with Gasteiger partial charge in [0.25, 0.3) is 0 Å². The lowest BCUT2D eigenvalue weighted by atomic mass is 10.1. The number of anilines is 4. The summed E-state index contributed by atoms with van der Waals surface area (Å²) in [4.78, 5) is 26.3. The van der Waals surface area contributed by atoms with E-state index in [4.69, 9.17) is 18.9 Å². The second kappa shape index (κ2) is 15.4. The van der Waals surface area contributed by atoms with Crippen LogP contribution in [0, 0.1) is 19.7 Å². The first-order valence-corrected chi connectivity index (χ1v) is 15.4. The lowest BCUT2D eigenvalue weighted by Gasteiger charge is -2.27. The van der Waals surface area contributed by atoms with Gasteiger partial charge < -0.3 is 29.2 Å². The highest BCUT2D eigenvalue weighted by Crippen LogP contribution is 2.40. The number of aryl methyl sites for hydroxylation is 2. The number of carbonyl (C=O) groups excluding carboxylic acids is 1. The monoisotopic (exact) mass is 629 g/mol. The van der Waals surface area contributed by atoms with Gasteiger partial charge in [-0.05, 0) is 81.6 Å². The second-order valence-corrected chi connectivity index (χ2v) is 11.1. The number of aromatic nitrogens is 2. The number of piperidine rings is 1. The van der Waals surface area contributed by atoms with Gasteiger partial charge in [0.15, 0.2) is 11.6 Å². The Balaban J connectivity index is 1.29. The maximum absolute atomic E-state index is 14.9. The fourth-order valence-electron chi connectivity index (χ4n) is 5.51. The van der Waals surface area contributed by atoms with E-state index < -0.39 is 11.9 Å². The number of ether oxygens (including phenoxy) is 4. The van der Waals surface area contributed by atoms with Gasteiger partial charge in [-0.25, -0.2) is 19.1 Å².